The quantitative estimate of drug-likeness (QED) is 0.443. The van der Waals surface area contributed by atoms with Crippen LogP contribution >= 0.6 is 0 Å². The van der Waals surface area contributed by atoms with E-state index in [1.807, 2.05) is 31.0 Å². The Labute approximate surface area is 205 Å². The van der Waals surface area contributed by atoms with Gasteiger partial charge in [-0.3, -0.25) is 24.0 Å². The van der Waals surface area contributed by atoms with E-state index in [1.54, 1.807) is 30.5 Å². The van der Waals surface area contributed by atoms with E-state index in [4.69, 9.17) is 0 Å². The van der Waals surface area contributed by atoms with Crippen LogP contribution in [-0.4, -0.2) is 27.4 Å². The van der Waals surface area contributed by atoms with Crippen molar-refractivity contribution in [3.8, 4) is 5.69 Å². The van der Waals surface area contributed by atoms with E-state index in [0.717, 1.165) is 23.4 Å². The molecule has 2 aromatic carbocycles. The van der Waals surface area contributed by atoms with Crippen LogP contribution in [-0.2, 0) is 19.3 Å². The first kappa shape index (κ1) is 23.7. The number of alkyl halides is 3. The molecule has 3 heterocycles. The van der Waals surface area contributed by atoms with Gasteiger partial charge in [0.25, 0.3) is 11.5 Å². The van der Waals surface area contributed by atoms with Gasteiger partial charge in [0, 0.05) is 41.5 Å². The summed E-state index contributed by atoms with van der Waals surface area (Å²) in [6.45, 7) is 2.79. The van der Waals surface area contributed by atoms with Crippen LogP contribution in [0.5, 0.6) is 0 Å². The molecule has 0 saturated carbocycles. The van der Waals surface area contributed by atoms with Crippen LogP contribution in [0.1, 0.15) is 45.7 Å². The van der Waals surface area contributed by atoms with Crippen LogP contribution in [0.2, 0.25) is 0 Å². The number of halogens is 3. The largest absolute Gasteiger partial charge is 0.416 e. The minimum Gasteiger partial charge on any atom is -0.344 e. The molecule has 0 radical (unpaired) electrons. The van der Waals surface area contributed by atoms with Gasteiger partial charge in [-0.2, -0.15) is 13.2 Å². The molecule has 0 bridgehead atoms. The highest BCUT2D eigenvalue weighted by Crippen LogP contribution is 2.32. The number of nitrogens with zero attached hydrogens (tertiary/aromatic N) is 3. The van der Waals surface area contributed by atoms with Crippen LogP contribution in [0, 0.1) is 0 Å². The third kappa shape index (κ3) is 4.26. The summed E-state index contributed by atoms with van der Waals surface area (Å²) in [4.78, 5) is 32.8. The predicted molar refractivity (Wildman–Crippen MR) is 130 cm³/mol. The predicted octanol–water partition coefficient (Wildman–Crippen LogP) is 4.84. The highest BCUT2D eigenvalue weighted by Gasteiger charge is 2.30. The third-order valence-electron chi connectivity index (χ3n) is 6.44. The monoisotopic (exact) mass is 492 g/mol. The molecule has 0 spiro atoms. The van der Waals surface area contributed by atoms with Gasteiger partial charge < -0.3 is 5.32 Å². The summed E-state index contributed by atoms with van der Waals surface area (Å²) in [5.41, 5.74) is 2.34. The number of aromatic nitrogens is 2. The number of hydrogen-bond donors (Lipinski definition) is 1. The molecule has 2 aromatic heterocycles. The fraction of sp³-hybridized carbons (Fsp3) is 0.222. The van der Waals surface area contributed by atoms with Crippen molar-refractivity contribution in [3.63, 3.8) is 0 Å². The van der Waals surface area contributed by atoms with Crippen LogP contribution in [0.25, 0.3) is 16.6 Å². The first-order valence-electron chi connectivity index (χ1n) is 11.4. The number of hydrogen-bond acceptors (Lipinski definition) is 4. The summed E-state index contributed by atoms with van der Waals surface area (Å²) in [5.74, 6) is -0.289. The molecule has 5 rings (SSSR count). The maximum Gasteiger partial charge on any atom is 0.416 e. The lowest BCUT2D eigenvalue weighted by molar-refractivity contribution is -0.137. The summed E-state index contributed by atoms with van der Waals surface area (Å²) < 4.78 is 40.7. The highest BCUT2D eigenvalue weighted by atomic mass is 19.4. The maximum atomic E-state index is 13.5. The minimum atomic E-state index is -4.47. The van der Waals surface area contributed by atoms with Gasteiger partial charge >= 0.3 is 6.18 Å². The van der Waals surface area contributed by atoms with Gasteiger partial charge in [-0.05, 0) is 74.1 Å². The Hall–Kier alpha value is -3.98. The van der Waals surface area contributed by atoms with Crippen LogP contribution < -0.4 is 10.9 Å². The number of benzene rings is 2. The fourth-order valence-electron chi connectivity index (χ4n) is 4.63. The van der Waals surface area contributed by atoms with Gasteiger partial charge in [0.1, 0.15) is 0 Å². The summed E-state index contributed by atoms with van der Waals surface area (Å²) in [6, 6.07) is 14.7. The fourth-order valence-corrected chi connectivity index (χ4v) is 4.63. The number of nitrogens with one attached hydrogen (secondary N) is 1. The Kier molecular flexibility index (Phi) is 5.88. The molecule has 36 heavy (non-hydrogen) atoms. The Balaban J connectivity index is 1.60. The van der Waals surface area contributed by atoms with Crippen molar-refractivity contribution in [2.24, 2.45) is 0 Å². The van der Waals surface area contributed by atoms with Crippen LogP contribution in [0.3, 0.4) is 0 Å². The zero-order chi connectivity index (χ0) is 25.6. The molecule has 1 aliphatic heterocycles. The number of rotatable bonds is 4. The van der Waals surface area contributed by atoms with Gasteiger partial charge in [0.05, 0.1) is 22.8 Å². The van der Waals surface area contributed by atoms with Crippen molar-refractivity contribution in [2.75, 3.05) is 7.05 Å². The minimum absolute atomic E-state index is 0.275. The van der Waals surface area contributed by atoms with Crippen molar-refractivity contribution >= 4 is 16.8 Å². The number of pyridine rings is 2. The van der Waals surface area contributed by atoms with E-state index < -0.39 is 11.7 Å². The van der Waals surface area contributed by atoms with Crippen LogP contribution in [0.4, 0.5) is 13.2 Å². The lowest BCUT2D eigenvalue weighted by Crippen LogP contribution is -2.27. The Bertz CT molecular complexity index is 1510. The van der Waals surface area contributed by atoms with Gasteiger partial charge in [-0.25, -0.2) is 0 Å². The SMILES string of the molecule is C[C@H](NC(=O)c1ccc2c(c1)c1c(c(=O)n2-c2ccc(C(F)(F)F)cc2)CN(C)C1)c1ccccn1. The normalized spacial score (nSPS) is 14.6. The zero-order valence-electron chi connectivity index (χ0n) is 19.6. The second kappa shape index (κ2) is 8.91. The first-order valence-corrected chi connectivity index (χ1v) is 11.4. The summed E-state index contributed by atoms with van der Waals surface area (Å²) in [6.07, 6.45) is -2.81. The van der Waals surface area contributed by atoms with Crippen molar-refractivity contribution < 1.29 is 18.0 Å². The first-order chi connectivity index (χ1) is 17.1. The molecule has 1 N–H and O–H groups in total. The maximum absolute atomic E-state index is 13.5. The van der Waals surface area contributed by atoms with E-state index in [2.05, 4.69) is 10.3 Å². The van der Waals surface area contributed by atoms with E-state index >= 15 is 0 Å². The molecule has 0 aliphatic carbocycles. The lowest BCUT2D eigenvalue weighted by atomic mass is 10.0. The number of carbonyl (C=O) groups excluding carboxylic acids is 1. The molecule has 0 fully saturated rings. The molecular formula is C27H23F3N4O2. The van der Waals surface area contributed by atoms with E-state index in [-0.39, 0.29) is 17.5 Å². The van der Waals surface area contributed by atoms with Crippen molar-refractivity contribution in [3.05, 3.63) is 105 Å². The van der Waals surface area contributed by atoms with E-state index in [0.29, 0.717) is 40.8 Å². The number of amides is 1. The molecule has 0 saturated heterocycles. The molecule has 0 unspecified atom stereocenters. The lowest BCUT2D eigenvalue weighted by Gasteiger charge is -2.17. The molecule has 1 aliphatic rings. The smallest absolute Gasteiger partial charge is 0.344 e. The highest BCUT2D eigenvalue weighted by molar-refractivity contribution is 5.99. The number of carbonyl (C=O) groups is 1. The molecular weight excluding hydrogens is 469 g/mol. The standard InChI is InChI=1S/C27H23F3N4O2/c1-16(23-5-3-4-12-31-23)32-25(35)17-6-11-24-20(13-17)21-14-33(2)15-22(21)26(36)34(24)19-9-7-18(8-10-19)27(28,29)30/h3-13,16H,14-15H2,1-2H3,(H,32,35)/t16-/m0/s1. The summed E-state index contributed by atoms with van der Waals surface area (Å²) in [7, 11) is 1.89. The molecule has 1 amide bonds. The van der Waals surface area contributed by atoms with E-state index in [9.17, 15) is 22.8 Å². The average molecular weight is 493 g/mol. The molecule has 6 nitrogen and oxygen atoms in total. The average Bonchev–Trinajstić information content (AvgIpc) is 3.26. The third-order valence-corrected chi connectivity index (χ3v) is 6.44. The van der Waals surface area contributed by atoms with Gasteiger partial charge in [0.15, 0.2) is 0 Å². The summed E-state index contributed by atoms with van der Waals surface area (Å²) in [5, 5.41) is 3.66. The molecule has 184 valence electrons. The van der Waals surface area contributed by atoms with Gasteiger partial charge in [0.2, 0.25) is 0 Å². The Morgan fingerprint density at radius 2 is 1.75 bits per heavy atom. The van der Waals surface area contributed by atoms with Crippen molar-refractivity contribution in [1.82, 2.24) is 19.8 Å². The Morgan fingerprint density at radius 1 is 1.03 bits per heavy atom. The van der Waals surface area contributed by atoms with Gasteiger partial charge in [-0.1, -0.05) is 6.07 Å². The van der Waals surface area contributed by atoms with E-state index in [1.165, 1.54) is 16.7 Å². The second-order valence-electron chi connectivity index (χ2n) is 9.00. The van der Waals surface area contributed by atoms with Crippen LogP contribution in [0.15, 0.2) is 71.7 Å². The summed E-state index contributed by atoms with van der Waals surface area (Å²) >= 11 is 0. The Morgan fingerprint density at radius 3 is 2.42 bits per heavy atom. The molecule has 1 atom stereocenters. The zero-order valence-corrected chi connectivity index (χ0v) is 19.6. The number of fused-ring (bicyclic) bond motifs is 3. The van der Waals surface area contributed by atoms with Gasteiger partial charge in [-0.15, -0.1) is 0 Å². The molecule has 9 heteroatoms. The topological polar surface area (TPSA) is 67.2 Å². The molecule has 4 aromatic rings. The van der Waals surface area contributed by atoms with Crippen molar-refractivity contribution in [1.29, 1.82) is 0 Å². The van der Waals surface area contributed by atoms with Crippen molar-refractivity contribution in [2.45, 2.75) is 32.2 Å². The second-order valence-corrected chi connectivity index (χ2v) is 9.00.